The van der Waals surface area contributed by atoms with Crippen LogP contribution < -0.4 is 21.6 Å². The number of nitrogens with zero attached hydrogens (tertiary/aromatic N) is 4. The summed E-state index contributed by atoms with van der Waals surface area (Å²) in [6, 6.07) is 12.8. The number of thiocarbonyl (C=S) groups is 1. The fourth-order valence-corrected chi connectivity index (χ4v) is 9.06. The number of carbonyl (C=O) groups is 2. The second kappa shape index (κ2) is 14.7. The number of aromatic nitrogens is 3. The van der Waals surface area contributed by atoms with Crippen molar-refractivity contribution in [1.29, 1.82) is 0 Å². The Balaban J connectivity index is 1.04. The van der Waals surface area contributed by atoms with Crippen LogP contribution in [0.3, 0.4) is 0 Å². The minimum Gasteiger partial charge on any atom is -0.508 e. The van der Waals surface area contributed by atoms with Crippen molar-refractivity contribution in [1.82, 2.24) is 25.6 Å². The number of allylic oxidation sites excluding steroid dienone is 4. The highest BCUT2D eigenvalue weighted by atomic mass is 35.5. The molecular formula is C41H34ClN7O6S2. The number of hydrogen-bond donors (Lipinski definition) is 5. The van der Waals surface area contributed by atoms with Crippen LogP contribution in [-0.2, 0) is 4.79 Å². The third-order valence-corrected chi connectivity index (χ3v) is 11.8. The summed E-state index contributed by atoms with van der Waals surface area (Å²) in [4.78, 5) is 44.8. The monoisotopic (exact) mass is 819 g/mol. The minimum atomic E-state index is -1.22. The topological polar surface area (TPSA) is 184 Å². The number of thiophene rings is 1. The molecule has 0 bridgehead atoms. The molecule has 0 spiro atoms. The molecule has 4 aliphatic rings. The number of amides is 1. The molecule has 4 aromatic rings. The first-order valence-corrected chi connectivity index (χ1v) is 19.5. The number of carbonyl (C=O) groups excluding carboxylic acids is 1. The van der Waals surface area contributed by atoms with Gasteiger partial charge in [-0.2, -0.15) is 0 Å². The van der Waals surface area contributed by atoms with Gasteiger partial charge in [-0.25, -0.2) is 4.79 Å². The zero-order chi connectivity index (χ0) is 40.3. The number of hydrogen-bond acceptors (Lipinski definition) is 10. The molecule has 57 heavy (non-hydrogen) atoms. The average Bonchev–Trinajstić information content (AvgIpc) is 3.64. The smallest absolute Gasteiger partial charge is 0.336 e. The van der Waals surface area contributed by atoms with Crippen LogP contribution in [-0.4, -0.2) is 47.7 Å². The van der Waals surface area contributed by atoms with Crippen LogP contribution in [0.4, 0.5) is 5.69 Å². The highest BCUT2D eigenvalue weighted by molar-refractivity contribution is 7.80. The third kappa shape index (κ3) is 6.98. The molecule has 2 aliphatic heterocycles. The number of fused-ring (bicyclic) bond motifs is 5. The molecule has 16 heteroatoms. The normalized spacial score (nSPS) is 17.3. The summed E-state index contributed by atoms with van der Waals surface area (Å²) >= 11 is 13.5. The number of nitrogens with one attached hydrogen (secondary N) is 3. The molecule has 0 saturated heterocycles. The lowest BCUT2D eigenvalue weighted by Crippen LogP contribution is -2.44. The van der Waals surface area contributed by atoms with Crippen LogP contribution in [0.5, 0.6) is 5.75 Å². The zero-order valence-corrected chi connectivity index (χ0v) is 33.3. The number of carboxylic acids is 1. The van der Waals surface area contributed by atoms with Gasteiger partial charge in [0.05, 0.1) is 17.7 Å². The van der Waals surface area contributed by atoms with Crippen molar-refractivity contribution in [2.45, 2.75) is 40.2 Å². The largest absolute Gasteiger partial charge is 0.508 e. The van der Waals surface area contributed by atoms with Gasteiger partial charge >= 0.3 is 5.97 Å². The third-order valence-electron chi connectivity index (χ3n) is 10.2. The number of rotatable bonds is 6. The molecule has 2 aromatic heterocycles. The van der Waals surface area contributed by atoms with Gasteiger partial charge in [0.1, 0.15) is 34.0 Å². The SMILES string of the molecule is Cc1sc2c(c1C)C(C1C=CC(Cl)=CC1C)=N[C@@H](CC(=O)NNC(=S)Nc1ccc(-c3c4ccc(=O)cc-4oc4cc(O)ccc34)c(C(=O)O)c1)c1nnc(C)n1-2. The van der Waals surface area contributed by atoms with Crippen LogP contribution >= 0.6 is 35.2 Å². The fourth-order valence-electron chi connectivity index (χ4n) is 7.40. The second-order valence-electron chi connectivity index (χ2n) is 13.9. The van der Waals surface area contributed by atoms with Gasteiger partial charge in [-0.05, 0) is 92.5 Å². The van der Waals surface area contributed by atoms with E-state index in [0.717, 1.165) is 26.7 Å². The Morgan fingerprint density at radius 1 is 1.02 bits per heavy atom. The van der Waals surface area contributed by atoms with Crippen molar-refractivity contribution in [3.63, 3.8) is 0 Å². The van der Waals surface area contributed by atoms with Gasteiger partial charge < -0.3 is 19.9 Å². The molecule has 1 amide bonds. The predicted octanol–water partition coefficient (Wildman–Crippen LogP) is 7.73. The van der Waals surface area contributed by atoms with Crippen molar-refractivity contribution in [2.24, 2.45) is 16.8 Å². The van der Waals surface area contributed by atoms with Gasteiger partial charge in [-0.15, -0.1) is 21.5 Å². The molecule has 2 unspecified atom stereocenters. The Hall–Kier alpha value is -6.16. The molecule has 2 aromatic carbocycles. The number of carboxylic acid groups (broad SMARTS) is 1. The molecule has 3 atom stereocenters. The van der Waals surface area contributed by atoms with E-state index in [0.29, 0.717) is 44.4 Å². The summed E-state index contributed by atoms with van der Waals surface area (Å²) in [7, 11) is 0. The Bertz CT molecular complexity index is 2800. The van der Waals surface area contributed by atoms with E-state index in [9.17, 15) is 24.6 Å². The maximum absolute atomic E-state index is 13.6. The number of anilines is 1. The molecule has 0 fully saturated rings. The maximum atomic E-state index is 13.6. The van der Waals surface area contributed by atoms with Crippen molar-refractivity contribution in [3.05, 3.63) is 121 Å². The van der Waals surface area contributed by atoms with Gasteiger partial charge in [0.2, 0.25) is 5.91 Å². The minimum absolute atomic E-state index is 0.00230. The van der Waals surface area contributed by atoms with E-state index in [-0.39, 0.29) is 51.5 Å². The first-order chi connectivity index (χ1) is 27.3. The Labute approximate surface area is 339 Å². The first-order valence-electron chi connectivity index (χ1n) is 17.9. The number of aromatic hydroxyl groups is 1. The van der Waals surface area contributed by atoms with Crippen molar-refractivity contribution >= 4 is 74.5 Å². The van der Waals surface area contributed by atoms with Gasteiger partial charge in [-0.3, -0.25) is 30.0 Å². The van der Waals surface area contributed by atoms with E-state index in [2.05, 4.69) is 53.2 Å². The predicted molar refractivity (Wildman–Crippen MR) is 224 cm³/mol. The van der Waals surface area contributed by atoms with Crippen LogP contribution in [0.2, 0.25) is 0 Å². The van der Waals surface area contributed by atoms with E-state index in [1.165, 1.54) is 30.3 Å². The quantitative estimate of drug-likeness (QED) is 0.0630. The summed E-state index contributed by atoms with van der Waals surface area (Å²) in [6.07, 6.45) is 5.86. The molecule has 4 heterocycles. The Morgan fingerprint density at radius 3 is 2.58 bits per heavy atom. The van der Waals surface area contributed by atoms with Crippen molar-refractivity contribution < 1.29 is 24.2 Å². The van der Waals surface area contributed by atoms with E-state index in [4.69, 9.17) is 33.2 Å². The molecule has 5 N–H and O–H groups in total. The molecule has 0 radical (unpaired) electrons. The Kier molecular flexibility index (Phi) is 9.75. The fraction of sp³-hybridized carbons (Fsp3) is 0.195. The molecule has 2 aliphatic carbocycles. The summed E-state index contributed by atoms with van der Waals surface area (Å²) in [6.45, 7) is 8.13. The van der Waals surface area contributed by atoms with Gasteiger partial charge in [-0.1, -0.05) is 36.7 Å². The average molecular weight is 820 g/mol. The van der Waals surface area contributed by atoms with E-state index >= 15 is 0 Å². The zero-order valence-electron chi connectivity index (χ0n) is 30.9. The maximum Gasteiger partial charge on any atom is 0.336 e. The lowest BCUT2D eigenvalue weighted by Gasteiger charge is -2.24. The molecule has 8 rings (SSSR count). The molecule has 0 saturated carbocycles. The second-order valence-corrected chi connectivity index (χ2v) is 16.0. The van der Waals surface area contributed by atoms with E-state index in [1.54, 1.807) is 35.6 Å². The summed E-state index contributed by atoms with van der Waals surface area (Å²) in [5.41, 5.74) is 9.94. The van der Waals surface area contributed by atoms with Crippen molar-refractivity contribution in [2.75, 3.05) is 5.32 Å². The number of benzene rings is 3. The Morgan fingerprint density at radius 2 is 1.81 bits per heavy atom. The number of halogens is 1. The standard InChI is InChI=1S/C41H34ClN7O6S2/c1-18-13-22(42)5-9-26(18)37-35-19(2)20(3)57-39(35)49-21(4)45-47-38(49)31(44-37)17-34(52)46-48-41(56)43-23-6-10-27(30(14-23)40(53)54)36-28-11-7-24(50)15-32(28)55-33-16-25(51)8-12-29(33)36/h5-16,18,26,31,50H,17H2,1-4H3,(H,46,52)(H,53,54)(H2,43,48,56)/t18?,26?,31-/m0/s1. The lowest BCUT2D eigenvalue weighted by molar-refractivity contribution is -0.122. The van der Waals surface area contributed by atoms with Crippen LogP contribution in [0.1, 0.15) is 57.4 Å². The van der Waals surface area contributed by atoms with E-state index in [1.807, 2.05) is 23.6 Å². The molecular weight excluding hydrogens is 786 g/mol. The van der Waals surface area contributed by atoms with Crippen LogP contribution in [0.25, 0.3) is 38.4 Å². The number of aryl methyl sites for hydroxylation is 2. The van der Waals surface area contributed by atoms with Gasteiger partial charge in [0.25, 0.3) is 0 Å². The number of aliphatic imine (C=N–C) groups is 1. The van der Waals surface area contributed by atoms with Gasteiger partial charge in [0.15, 0.2) is 16.4 Å². The first kappa shape index (κ1) is 37.7. The van der Waals surface area contributed by atoms with Gasteiger partial charge in [0, 0.05) is 55.7 Å². The van der Waals surface area contributed by atoms with E-state index < -0.39 is 17.9 Å². The number of phenolic OH excluding ortho intramolecular Hbond substituents is 1. The number of phenols is 1. The molecule has 288 valence electrons. The highest BCUT2D eigenvalue weighted by Gasteiger charge is 2.36. The number of hydrazine groups is 1. The summed E-state index contributed by atoms with van der Waals surface area (Å²) in [5.74, 6) is -0.270. The van der Waals surface area contributed by atoms with Crippen LogP contribution in [0, 0.1) is 32.6 Å². The highest BCUT2D eigenvalue weighted by Crippen LogP contribution is 2.44. The van der Waals surface area contributed by atoms with Crippen molar-refractivity contribution in [3.8, 4) is 33.2 Å². The summed E-state index contributed by atoms with van der Waals surface area (Å²) in [5, 5.41) is 34.4. The lowest BCUT2D eigenvalue weighted by atomic mass is 9.82. The van der Waals surface area contributed by atoms with Crippen LogP contribution in [0.15, 0.2) is 92.1 Å². The number of aromatic carboxylic acids is 1. The summed E-state index contributed by atoms with van der Waals surface area (Å²) < 4.78 is 7.91. The molecule has 13 nitrogen and oxygen atoms in total.